The number of rotatable bonds is 5. The molecule has 0 radical (unpaired) electrons. The Bertz CT molecular complexity index is 486. The topological polar surface area (TPSA) is 57.6 Å². The van der Waals surface area contributed by atoms with E-state index in [2.05, 4.69) is 0 Å². The SMILES string of the molecule is CCCC1(C(=O)O)CCCN1C(=O)Cc1ccccc1. The van der Waals surface area contributed by atoms with Crippen LogP contribution < -0.4 is 0 Å². The minimum absolute atomic E-state index is 0.0791. The number of likely N-dealkylation sites (tertiary alicyclic amines) is 1. The second-order valence-corrected chi connectivity index (χ2v) is 5.40. The largest absolute Gasteiger partial charge is 0.479 e. The standard InChI is InChI=1S/C16H21NO3/c1-2-9-16(15(19)20)10-6-11-17(16)14(18)12-13-7-4-3-5-8-13/h3-5,7-8H,2,6,9-12H2,1H3,(H,19,20). The lowest BCUT2D eigenvalue weighted by atomic mass is 9.90. The van der Waals surface area contributed by atoms with Crippen molar-refractivity contribution in [2.45, 2.75) is 44.6 Å². The Balaban J connectivity index is 2.17. The maximum absolute atomic E-state index is 12.5. The Hall–Kier alpha value is -1.84. The number of carbonyl (C=O) groups excluding carboxylic acids is 1. The van der Waals surface area contributed by atoms with Gasteiger partial charge in [-0.3, -0.25) is 4.79 Å². The molecule has 1 aliphatic rings. The van der Waals surface area contributed by atoms with Gasteiger partial charge < -0.3 is 10.0 Å². The fourth-order valence-electron chi connectivity index (χ4n) is 3.11. The average Bonchev–Trinajstić information content (AvgIpc) is 2.85. The van der Waals surface area contributed by atoms with Gasteiger partial charge in [0.25, 0.3) is 0 Å². The Morgan fingerprint density at radius 1 is 1.30 bits per heavy atom. The summed E-state index contributed by atoms with van der Waals surface area (Å²) in [5.41, 5.74) is -0.0548. The highest BCUT2D eigenvalue weighted by atomic mass is 16.4. The van der Waals surface area contributed by atoms with E-state index in [1.54, 1.807) is 4.90 Å². The normalized spacial score (nSPS) is 21.9. The number of carboxylic acid groups (broad SMARTS) is 1. The van der Waals surface area contributed by atoms with Crippen molar-refractivity contribution in [2.24, 2.45) is 0 Å². The van der Waals surface area contributed by atoms with Gasteiger partial charge in [0, 0.05) is 6.54 Å². The van der Waals surface area contributed by atoms with E-state index < -0.39 is 11.5 Å². The zero-order valence-corrected chi connectivity index (χ0v) is 11.8. The molecular weight excluding hydrogens is 254 g/mol. The molecule has 0 aliphatic carbocycles. The number of aliphatic carboxylic acids is 1. The third-order valence-electron chi connectivity index (χ3n) is 4.05. The van der Waals surface area contributed by atoms with Crippen molar-refractivity contribution in [3.05, 3.63) is 35.9 Å². The quantitative estimate of drug-likeness (QED) is 0.898. The van der Waals surface area contributed by atoms with Gasteiger partial charge in [-0.05, 0) is 24.8 Å². The molecule has 2 rings (SSSR count). The summed E-state index contributed by atoms with van der Waals surface area (Å²) in [5.74, 6) is -0.942. The van der Waals surface area contributed by atoms with Gasteiger partial charge >= 0.3 is 5.97 Å². The van der Waals surface area contributed by atoms with Crippen molar-refractivity contribution in [2.75, 3.05) is 6.54 Å². The van der Waals surface area contributed by atoms with Crippen molar-refractivity contribution in [3.63, 3.8) is 0 Å². The number of amides is 1. The highest BCUT2D eigenvalue weighted by molar-refractivity contribution is 5.88. The molecule has 1 unspecified atom stereocenters. The predicted molar refractivity (Wildman–Crippen MR) is 76.4 cm³/mol. The molecule has 0 bridgehead atoms. The van der Waals surface area contributed by atoms with Crippen molar-refractivity contribution in [1.82, 2.24) is 4.90 Å². The Kier molecular flexibility index (Phi) is 4.42. The predicted octanol–water partition coefficient (Wildman–Crippen LogP) is 2.48. The lowest BCUT2D eigenvalue weighted by molar-refractivity contribution is -0.156. The molecular formula is C16H21NO3. The highest BCUT2D eigenvalue weighted by Gasteiger charge is 2.48. The molecule has 4 nitrogen and oxygen atoms in total. The first-order valence-corrected chi connectivity index (χ1v) is 7.18. The molecule has 1 heterocycles. The molecule has 1 aromatic carbocycles. The van der Waals surface area contributed by atoms with Crippen molar-refractivity contribution in [1.29, 1.82) is 0 Å². The minimum Gasteiger partial charge on any atom is -0.479 e. The van der Waals surface area contributed by atoms with Crippen LogP contribution >= 0.6 is 0 Å². The van der Waals surface area contributed by atoms with Gasteiger partial charge in [0.1, 0.15) is 5.54 Å². The molecule has 0 aromatic heterocycles. The number of hydrogen-bond donors (Lipinski definition) is 1. The second kappa shape index (κ2) is 6.07. The molecule has 0 spiro atoms. The van der Waals surface area contributed by atoms with E-state index in [9.17, 15) is 14.7 Å². The molecule has 1 aliphatic heterocycles. The summed E-state index contributed by atoms with van der Waals surface area (Å²) < 4.78 is 0. The van der Waals surface area contributed by atoms with E-state index in [4.69, 9.17) is 0 Å². The van der Waals surface area contributed by atoms with Crippen molar-refractivity contribution >= 4 is 11.9 Å². The van der Waals surface area contributed by atoms with E-state index in [1.807, 2.05) is 37.3 Å². The van der Waals surface area contributed by atoms with Crippen LogP contribution in [0, 0.1) is 0 Å². The van der Waals surface area contributed by atoms with E-state index in [1.165, 1.54) is 0 Å². The fourth-order valence-corrected chi connectivity index (χ4v) is 3.11. The van der Waals surface area contributed by atoms with E-state index in [-0.39, 0.29) is 12.3 Å². The van der Waals surface area contributed by atoms with Gasteiger partial charge in [-0.1, -0.05) is 43.7 Å². The smallest absolute Gasteiger partial charge is 0.329 e. The van der Waals surface area contributed by atoms with Gasteiger partial charge in [-0.25, -0.2) is 4.79 Å². The molecule has 108 valence electrons. The van der Waals surface area contributed by atoms with Crippen LogP contribution in [0.4, 0.5) is 0 Å². The summed E-state index contributed by atoms with van der Waals surface area (Å²) in [4.78, 5) is 25.7. The van der Waals surface area contributed by atoms with Gasteiger partial charge in [0.05, 0.1) is 6.42 Å². The number of carboxylic acids is 1. The highest BCUT2D eigenvalue weighted by Crippen LogP contribution is 2.34. The maximum atomic E-state index is 12.5. The molecule has 20 heavy (non-hydrogen) atoms. The lowest BCUT2D eigenvalue weighted by Crippen LogP contribution is -2.53. The zero-order chi connectivity index (χ0) is 14.6. The van der Waals surface area contributed by atoms with E-state index >= 15 is 0 Å². The van der Waals surface area contributed by atoms with Crippen molar-refractivity contribution < 1.29 is 14.7 Å². The molecule has 4 heteroatoms. The van der Waals surface area contributed by atoms with Gasteiger partial charge in [0.15, 0.2) is 0 Å². The maximum Gasteiger partial charge on any atom is 0.329 e. The number of nitrogens with zero attached hydrogens (tertiary/aromatic N) is 1. The van der Waals surface area contributed by atoms with Crippen LogP contribution in [0.25, 0.3) is 0 Å². The van der Waals surface area contributed by atoms with Crippen LogP contribution in [0.3, 0.4) is 0 Å². The van der Waals surface area contributed by atoms with Crippen LogP contribution in [-0.4, -0.2) is 34.0 Å². The molecule has 1 N–H and O–H groups in total. The summed E-state index contributed by atoms with van der Waals surface area (Å²) in [5, 5.41) is 9.59. The van der Waals surface area contributed by atoms with Crippen LogP contribution in [-0.2, 0) is 16.0 Å². The molecule has 1 fully saturated rings. The van der Waals surface area contributed by atoms with Crippen LogP contribution in [0.5, 0.6) is 0 Å². The first-order chi connectivity index (χ1) is 9.60. The molecule has 1 saturated heterocycles. The van der Waals surface area contributed by atoms with Crippen LogP contribution in [0.2, 0.25) is 0 Å². The Labute approximate surface area is 119 Å². The Morgan fingerprint density at radius 2 is 2.00 bits per heavy atom. The molecule has 0 saturated carbocycles. The second-order valence-electron chi connectivity index (χ2n) is 5.40. The monoisotopic (exact) mass is 275 g/mol. The lowest BCUT2D eigenvalue weighted by Gasteiger charge is -2.34. The molecule has 1 atom stereocenters. The third kappa shape index (κ3) is 2.69. The molecule has 1 amide bonds. The number of hydrogen-bond acceptors (Lipinski definition) is 2. The van der Waals surface area contributed by atoms with Gasteiger partial charge in [0.2, 0.25) is 5.91 Å². The van der Waals surface area contributed by atoms with E-state index in [0.29, 0.717) is 19.4 Å². The zero-order valence-electron chi connectivity index (χ0n) is 11.8. The summed E-state index contributed by atoms with van der Waals surface area (Å²) >= 11 is 0. The molecule has 1 aromatic rings. The Morgan fingerprint density at radius 3 is 2.60 bits per heavy atom. The summed E-state index contributed by atoms with van der Waals surface area (Å²) in [6, 6.07) is 9.49. The van der Waals surface area contributed by atoms with Crippen LogP contribution in [0.15, 0.2) is 30.3 Å². The summed E-state index contributed by atoms with van der Waals surface area (Å²) in [6.07, 6.45) is 2.91. The number of benzene rings is 1. The van der Waals surface area contributed by atoms with E-state index in [0.717, 1.165) is 18.4 Å². The summed E-state index contributed by atoms with van der Waals surface area (Å²) in [6.45, 7) is 2.51. The first-order valence-electron chi connectivity index (χ1n) is 7.18. The van der Waals surface area contributed by atoms with Crippen LogP contribution in [0.1, 0.15) is 38.2 Å². The van der Waals surface area contributed by atoms with Crippen molar-refractivity contribution in [3.8, 4) is 0 Å². The average molecular weight is 275 g/mol. The van der Waals surface area contributed by atoms with Gasteiger partial charge in [-0.2, -0.15) is 0 Å². The third-order valence-corrected chi connectivity index (χ3v) is 4.05. The first kappa shape index (κ1) is 14.6. The summed E-state index contributed by atoms with van der Waals surface area (Å²) in [7, 11) is 0. The minimum atomic E-state index is -0.986. The number of carbonyl (C=O) groups is 2. The fraction of sp³-hybridized carbons (Fsp3) is 0.500. The van der Waals surface area contributed by atoms with Gasteiger partial charge in [-0.15, -0.1) is 0 Å².